The molecular weight excluding hydrogens is 368 g/mol. The second-order valence-corrected chi connectivity index (χ2v) is 7.97. The van der Waals surface area contributed by atoms with Gasteiger partial charge in [-0.25, -0.2) is 8.42 Å². The molecule has 2 aromatic carbocycles. The Balaban J connectivity index is 1.72. The number of anilines is 1. The van der Waals surface area contributed by atoms with Crippen molar-refractivity contribution < 1.29 is 22.7 Å². The molecule has 1 unspecified atom stereocenters. The molecule has 8 heteroatoms. The van der Waals surface area contributed by atoms with Crippen molar-refractivity contribution in [2.24, 2.45) is 0 Å². The number of amides is 1. The van der Waals surface area contributed by atoms with Crippen molar-refractivity contribution in [2.45, 2.75) is 17.9 Å². The lowest BCUT2D eigenvalue weighted by Gasteiger charge is -2.31. The molecule has 7 nitrogen and oxygen atoms in total. The van der Waals surface area contributed by atoms with E-state index in [4.69, 9.17) is 9.47 Å². The Morgan fingerprint density at radius 1 is 1.15 bits per heavy atom. The number of benzene rings is 2. The molecule has 0 aliphatic carbocycles. The number of sulfonamides is 1. The monoisotopic (exact) mass is 390 g/mol. The highest BCUT2D eigenvalue weighted by Crippen LogP contribution is 2.20. The van der Waals surface area contributed by atoms with Crippen LogP contribution in [-0.4, -0.2) is 52.1 Å². The molecule has 3 rings (SSSR count). The summed E-state index contributed by atoms with van der Waals surface area (Å²) in [4.78, 5) is 14.4. The molecular formula is C19H22N2O5S. The third kappa shape index (κ3) is 4.58. The highest BCUT2D eigenvalue weighted by atomic mass is 32.2. The molecule has 0 spiro atoms. The maximum absolute atomic E-state index is 12.6. The molecule has 2 aromatic rings. The number of ether oxygens (including phenoxy) is 2. The molecule has 1 heterocycles. The van der Waals surface area contributed by atoms with Crippen molar-refractivity contribution in [3.05, 3.63) is 54.1 Å². The fourth-order valence-electron chi connectivity index (χ4n) is 2.84. The van der Waals surface area contributed by atoms with Crippen LogP contribution in [0, 0.1) is 0 Å². The van der Waals surface area contributed by atoms with Gasteiger partial charge in [-0.1, -0.05) is 0 Å². The first-order valence-corrected chi connectivity index (χ1v) is 10.1. The van der Waals surface area contributed by atoms with Gasteiger partial charge in [0.1, 0.15) is 5.75 Å². The second-order valence-electron chi connectivity index (χ2n) is 6.29. The fourth-order valence-corrected chi connectivity index (χ4v) is 3.89. The molecule has 1 saturated heterocycles. The summed E-state index contributed by atoms with van der Waals surface area (Å²) < 4.78 is 38.1. The lowest BCUT2D eigenvalue weighted by atomic mass is 10.2. The zero-order valence-electron chi connectivity index (χ0n) is 15.2. The number of carbonyl (C=O) groups is 1. The third-order valence-corrected chi connectivity index (χ3v) is 5.68. The summed E-state index contributed by atoms with van der Waals surface area (Å²) in [5.74, 6) is 0.510. The number of nitrogens with one attached hydrogen (secondary N) is 1. The third-order valence-electron chi connectivity index (χ3n) is 4.28. The molecule has 27 heavy (non-hydrogen) atoms. The maximum atomic E-state index is 12.6. The number of hydrogen-bond donors (Lipinski definition) is 1. The van der Waals surface area contributed by atoms with Crippen LogP contribution in [0.3, 0.4) is 0 Å². The first kappa shape index (κ1) is 19.2. The van der Waals surface area contributed by atoms with E-state index in [1.54, 1.807) is 36.3 Å². The Bertz CT molecular complexity index is 895. The van der Waals surface area contributed by atoms with E-state index in [1.807, 2.05) is 6.92 Å². The SMILES string of the molecule is COc1ccc(NS(=O)(=O)c2ccc(C(=O)N3CCOC(C)C3)cc2)cc1. The molecule has 1 amide bonds. The van der Waals surface area contributed by atoms with Crippen LogP contribution in [-0.2, 0) is 14.8 Å². The molecule has 144 valence electrons. The second kappa shape index (κ2) is 7.98. The minimum atomic E-state index is -3.74. The first-order valence-electron chi connectivity index (χ1n) is 8.57. The molecule has 0 bridgehead atoms. The van der Waals surface area contributed by atoms with Crippen LogP contribution in [0.1, 0.15) is 17.3 Å². The van der Waals surface area contributed by atoms with E-state index in [2.05, 4.69) is 4.72 Å². The Morgan fingerprint density at radius 2 is 1.81 bits per heavy atom. The number of methoxy groups -OCH3 is 1. The van der Waals surface area contributed by atoms with Gasteiger partial charge in [0.15, 0.2) is 0 Å². The molecule has 0 radical (unpaired) electrons. The summed E-state index contributed by atoms with van der Waals surface area (Å²) in [7, 11) is -2.20. The van der Waals surface area contributed by atoms with Crippen LogP contribution < -0.4 is 9.46 Å². The summed E-state index contributed by atoms with van der Waals surface area (Å²) in [6, 6.07) is 12.5. The van der Waals surface area contributed by atoms with Crippen LogP contribution in [0.15, 0.2) is 53.4 Å². The summed E-state index contributed by atoms with van der Waals surface area (Å²) >= 11 is 0. The molecule has 1 fully saturated rings. The maximum Gasteiger partial charge on any atom is 0.261 e. The van der Waals surface area contributed by atoms with E-state index in [0.717, 1.165) is 0 Å². The number of hydrogen-bond acceptors (Lipinski definition) is 5. The van der Waals surface area contributed by atoms with E-state index in [1.165, 1.54) is 24.3 Å². The largest absolute Gasteiger partial charge is 0.497 e. The van der Waals surface area contributed by atoms with E-state index >= 15 is 0 Å². The molecule has 0 aromatic heterocycles. The Hall–Kier alpha value is -2.58. The van der Waals surface area contributed by atoms with Crippen molar-refractivity contribution in [1.82, 2.24) is 4.90 Å². The average molecular weight is 390 g/mol. The summed E-state index contributed by atoms with van der Waals surface area (Å²) in [5, 5.41) is 0. The quantitative estimate of drug-likeness (QED) is 0.847. The zero-order valence-corrected chi connectivity index (χ0v) is 16.0. The van der Waals surface area contributed by atoms with Crippen molar-refractivity contribution in [3.8, 4) is 5.75 Å². The Labute approximate surface area is 158 Å². The Morgan fingerprint density at radius 3 is 2.41 bits per heavy atom. The molecule has 1 atom stereocenters. The van der Waals surface area contributed by atoms with Gasteiger partial charge in [0.25, 0.3) is 15.9 Å². The van der Waals surface area contributed by atoms with Crippen LogP contribution >= 0.6 is 0 Å². The molecule has 1 N–H and O–H groups in total. The van der Waals surface area contributed by atoms with E-state index in [0.29, 0.717) is 36.7 Å². The topological polar surface area (TPSA) is 84.9 Å². The van der Waals surface area contributed by atoms with Gasteiger partial charge in [0.2, 0.25) is 0 Å². The van der Waals surface area contributed by atoms with Gasteiger partial charge in [-0.05, 0) is 55.5 Å². The first-order chi connectivity index (χ1) is 12.9. The summed E-state index contributed by atoms with van der Waals surface area (Å²) in [5.41, 5.74) is 0.880. The average Bonchev–Trinajstić information content (AvgIpc) is 2.68. The van der Waals surface area contributed by atoms with E-state index < -0.39 is 10.0 Å². The number of nitrogens with zero attached hydrogens (tertiary/aromatic N) is 1. The van der Waals surface area contributed by atoms with Gasteiger partial charge in [-0.2, -0.15) is 0 Å². The standard InChI is InChI=1S/C19H22N2O5S/c1-14-13-21(11-12-26-14)19(22)15-3-9-18(10-4-15)27(23,24)20-16-5-7-17(25-2)8-6-16/h3-10,14,20H,11-13H2,1-2H3. The van der Waals surface area contributed by atoms with Gasteiger partial charge in [-0.15, -0.1) is 0 Å². The Kier molecular flexibility index (Phi) is 5.67. The summed E-state index contributed by atoms with van der Waals surface area (Å²) in [6.45, 7) is 3.48. The molecule has 1 aliphatic rings. The highest BCUT2D eigenvalue weighted by molar-refractivity contribution is 7.92. The van der Waals surface area contributed by atoms with Gasteiger partial charge >= 0.3 is 0 Å². The van der Waals surface area contributed by atoms with Crippen molar-refractivity contribution in [3.63, 3.8) is 0 Å². The minimum absolute atomic E-state index is 0.00366. The van der Waals surface area contributed by atoms with Crippen LogP contribution in [0.25, 0.3) is 0 Å². The predicted octanol–water partition coefficient (Wildman–Crippen LogP) is 2.36. The fraction of sp³-hybridized carbons (Fsp3) is 0.316. The molecule has 0 saturated carbocycles. The highest BCUT2D eigenvalue weighted by Gasteiger charge is 2.23. The normalized spacial score (nSPS) is 17.4. The van der Waals surface area contributed by atoms with Crippen molar-refractivity contribution in [2.75, 3.05) is 31.5 Å². The van der Waals surface area contributed by atoms with Crippen molar-refractivity contribution >= 4 is 21.6 Å². The number of rotatable bonds is 5. The van der Waals surface area contributed by atoms with Gasteiger partial charge in [-0.3, -0.25) is 9.52 Å². The van der Waals surface area contributed by atoms with Gasteiger partial charge < -0.3 is 14.4 Å². The van der Waals surface area contributed by atoms with E-state index in [-0.39, 0.29) is 16.9 Å². The van der Waals surface area contributed by atoms with Crippen LogP contribution in [0.5, 0.6) is 5.75 Å². The zero-order chi connectivity index (χ0) is 19.4. The van der Waals surface area contributed by atoms with Gasteiger partial charge in [0.05, 0.1) is 24.7 Å². The van der Waals surface area contributed by atoms with Crippen LogP contribution in [0.2, 0.25) is 0 Å². The number of morpholine rings is 1. The lowest BCUT2D eigenvalue weighted by Crippen LogP contribution is -2.44. The van der Waals surface area contributed by atoms with Crippen LogP contribution in [0.4, 0.5) is 5.69 Å². The molecule has 1 aliphatic heterocycles. The predicted molar refractivity (Wildman–Crippen MR) is 102 cm³/mol. The smallest absolute Gasteiger partial charge is 0.261 e. The van der Waals surface area contributed by atoms with Crippen molar-refractivity contribution in [1.29, 1.82) is 0 Å². The number of carbonyl (C=O) groups excluding carboxylic acids is 1. The summed E-state index contributed by atoms with van der Waals surface area (Å²) in [6.07, 6.45) is -0.00366. The lowest BCUT2D eigenvalue weighted by molar-refractivity contribution is -0.0124. The van der Waals surface area contributed by atoms with E-state index in [9.17, 15) is 13.2 Å². The minimum Gasteiger partial charge on any atom is -0.497 e. The van der Waals surface area contributed by atoms with Gasteiger partial charge in [0, 0.05) is 24.3 Å².